The summed E-state index contributed by atoms with van der Waals surface area (Å²) in [5, 5.41) is 25.6. The van der Waals surface area contributed by atoms with Crippen LogP contribution in [0.15, 0.2) is 24.3 Å². The Morgan fingerprint density at radius 2 is 1.75 bits per heavy atom. The lowest BCUT2D eigenvalue weighted by Crippen LogP contribution is -2.07. The van der Waals surface area contributed by atoms with Crippen LogP contribution in [-0.2, 0) is 19.3 Å². The van der Waals surface area contributed by atoms with Crippen molar-refractivity contribution >= 4 is 0 Å². The molecule has 0 saturated carbocycles. The van der Waals surface area contributed by atoms with Gasteiger partial charge in [-0.25, -0.2) is 4.68 Å². The van der Waals surface area contributed by atoms with E-state index in [0.29, 0.717) is 11.3 Å². The molecule has 1 aromatic carbocycles. The lowest BCUT2D eigenvalue weighted by atomic mass is 10.1. The molecule has 20 heavy (non-hydrogen) atoms. The van der Waals surface area contributed by atoms with E-state index < -0.39 is 11.7 Å². The van der Waals surface area contributed by atoms with Crippen molar-refractivity contribution in [1.82, 2.24) is 15.0 Å². The highest BCUT2D eigenvalue weighted by atomic mass is 19.4. The van der Waals surface area contributed by atoms with Crippen molar-refractivity contribution in [2.75, 3.05) is 6.61 Å². The number of aliphatic hydroxyl groups is 2. The van der Waals surface area contributed by atoms with Crippen molar-refractivity contribution < 1.29 is 23.4 Å². The monoisotopic (exact) mass is 287 g/mol. The molecule has 0 aliphatic carbocycles. The van der Waals surface area contributed by atoms with Gasteiger partial charge in [-0.3, -0.25) is 0 Å². The van der Waals surface area contributed by atoms with Crippen molar-refractivity contribution in [3.63, 3.8) is 0 Å². The minimum Gasteiger partial charge on any atom is -0.394 e. The molecule has 0 unspecified atom stereocenters. The van der Waals surface area contributed by atoms with Crippen LogP contribution in [0.1, 0.15) is 11.3 Å². The highest BCUT2D eigenvalue weighted by molar-refractivity contribution is 5.62. The molecule has 2 N–H and O–H groups in total. The van der Waals surface area contributed by atoms with Gasteiger partial charge < -0.3 is 10.2 Å². The predicted molar refractivity (Wildman–Crippen MR) is 63.5 cm³/mol. The molecular weight excluding hydrogens is 275 g/mol. The molecule has 0 radical (unpaired) electrons. The van der Waals surface area contributed by atoms with E-state index in [9.17, 15) is 18.3 Å². The molecule has 0 aliphatic heterocycles. The van der Waals surface area contributed by atoms with E-state index in [-0.39, 0.29) is 25.5 Å². The van der Waals surface area contributed by atoms with Gasteiger partial charge in [-0.1, -0.05) is 17.3 Å². The van der Waals surface area contributed by atoms with Crippen LogP contribution in [0.25, 0.3) is 11.3 Å². The molecule has 5 nitrogen and oxygen atoms in total. The molecule has 2 aromatic rings. The van der Waals surface area contributed by atoms with Crippen LogP contribution in [0.2, 0.25) is 0 Å². The lowest BCUT2D eigenvalue weighted by Gasteiger charge is -2.09. The zero-order chi connectivity index (χ0) is 14.8. The van der Waals surface area contributed by atoms with Gasteiger partial charge in [0, 0.05) is 5.56 Å². The molecule has 0 atom stereocenters. The first-order chi connectivity index (χ1) is 9.47. The number of aliphatic hydroxyl groups excluding tert-OH is 2. The highest BCUT2D eigenvalue weighted by Gasteiger charge is 2.30. The highest BCUT2D eigenvalue weighted by Crippen LogP contribution is 2.31. The van der Waals surface area contributed by atoms with Gasteiger partial charge in [-0.05, 0) is 12.1 Å². The zero-order valence-corrected chi connectivity index (χ0v) is 10.3. The molecule has 8 heteroatoms. The van der Waals surface area contributed by atoms with Gasteiger partial charge in [0.15, 0.2) is 0 Å². The fraction of sp³-hybridized carbons (Fsp3) is 0.333. The van der Waals surface area contributed by atoms with E-state index in [4.69, 9.17) is 5.11 Å². The molecule has 1 heterocycles. The number of nitrogens with zero attached hydrogens (tertiary/aromatic N) is 3. The Balaban J connectivity index is 2.43. The summed E-state index contributed by atoms with van der Waals surface area (Å²) >= 11 is 0. The average Bonchev–Trinajstić information content (AvgIpc) is 2.81. The van der Waals surface area contributed by atoms with Gasteiger partial charge in [0.2, 0.25) is 0 Å². The average molecular weight is 287 g/mol. The third-order valence-corrected chi connectivity index (χ3v) is 2.75. The summed E-state index contributed by atoms with van der Waals surface area (Å²) in [6.45, 7) is -0.437. The Labute approximate surface area is 112 Å². The van der Waals surface area contributed by atoms with Crippen LogP contribution in [0.3, 0.4) is 0 Å². The van der Waals surface area contributed by atoms with Gasteiger partial charge >= 0.3 is 6.18 Å². The summed E-state index contributed by atoms with van der Waals surface area (Å²) in [6, 6.07) is 4.47. The smallest absolute Gasteiger partial charge is 0.394 e. The van der Waals surface area contributed by atoms with Crippen LogP contribution >= 0.6 is 0 Å². The lowest BCUT2D eigenvalue weighted by molar-refractivity contribution is -0.137. The Kier molecular flexibility index (Phi) is 4.05. The van der Waals surface area contributed by atoms with E-state index in [0.717, 1.165) is 12.1 Å². The summed E-state index contributed by atoms with van der Waals surface area (Å²) < 4.78 is 38.9. The first-order valence-electron chi connectivity index (χ1n) is 5.79. The van der Waals surface area contributed by atoms with E-state index in [1.165, 1.54) is 16.8 Å². The topological polar surface area (TPSA) is 71.2 Å². The summed E-state index contributed by atoms with van der Waals surface area (Å²) in [6.07, 6.45) is -4.40. The number of aromatic nitrogens is 3. The molecular formula is C12H12F3N3O2. The third kappa shape index (κ3) is 2.81. The van der Waals surface area contributed by atoms with Crippen molar-refractivity contribution in [3.05, 3.63) is 35.5 Å². The molecule has 0 spiro atoms. The summed E-state index contributed by atoms with van der Waals surface area (Å²) in [7, 11) is 0. The predicted octanol–water partition coefficient (Wildman–Crippen LogP) is 1.45. The third-order valence-electron chi connectivity index (χ3n) is 2.75. The standard InChI is InChI=1S/C12H12F3N3O2/c13-12(14,15)9-3-1-8(2-4-9)11-10(7-20)16-17-18(11)5-6-19/h1-4,19-20H,5-7H2. The summed E-state index contributed by atoms with van der Waals surface area (Å²) in [4.78, 5) is 0. The fourth-order valence-corrected chi connectivity index (χ4v) is 1.84. The Hall–Kier alpha value is -1.93. The van der Waals surface area contributed by atoms with Crippen LogP contribution in [0, 0.1) is 0 Å². The Morgan fingerprint density at radius 1 is 1.10 bits per heavy atom. The maximum atomic E-state index is 12.5. The molecule has 0 amide bonds. The summed E-state index contributed by atoms with van der Waals surface area (Å²) in [5.74, 6) is 0. The van der Waals surface area contributed by atoms with Gasteiger partial charge in [0.25, 0.3) is 0 Å². The van der Waals surface area contributed by atoms with Crippen LogP contribution in [0.4, 0.5) is 13.2 Å². The molecule has 0 saturated heterocycles. The second-order valence-electron chi connectivity index (χ2n) is 4.06. The second-order valence-corrected chi connectivity index (χ2v) is 4.06. The molecule has 108 valence electrons. The molecule has 0 aliphatic rings. The minimum absolute atomic E-state index is 0.142. The van der Waals surface area contributed by atoms with Crippen molar-refractivity contribution in [2.24, 2.45) is 0 Å². The quantitative estimate of drug-likeness (QED) is 0.893. The van der Waals surface area contributed by atoms with E-state index in [1.54, 1.807) is 0 Å². The number of hydrogen-bond acceptors (Lipinski definition) is 4. The van der Waals surface area contributed by atoms with Gasteiger partial charge in [-0.2, -0.15) is 13.2 Å². The summed E-state index contributed by atoms with van der Waals surface area (Å²) in [5.41, 5.74) is 0.335. The van der Waals surface area contributed by atoms with Gasteiger partial charge in [0.1, 0.15) is 5.69 Å². The Morgan fingerprint density at radius 3 is 2.25 bits per heavy atom. The Bertz CT molecular complexity index is 579. The maximum Gasteiger partial charge on any atom is 0.416 e. The van der Waals surface area contributed by atoms with Crippen LogP contribution in [0.5, 0.6) is 0 Å². The number of benzene rings is 1. The van der Waals surface area contributed by atoms with Crippen molar-refractivity contribution in [2.45, 2.75) is 19.3 Å². The van der Waals surface area contributed by atoms with Crippen LogP contribution in [-0.4, -0.2) is 31.8 Å². The molecule has 2 rings (SSSR count). The number of hydrogen-bond donors (Lipinski definition) is 2. The molecule has 1 aromatic heterocycles. The first-order valence-corrected chi connectivity index (χ1v) is 5.79. The molecule has 0 bridgehead atoms. The molecule has 0 fully saturated rings. The van der Waals surface area contributed by atoms with Crippen molar-refractivity contribution in [1.29, 1.82) is 0 Å². The van der Waals surface area contributed by atoms with E-state index in [1.807, 2.05) is 0 Å². The van der Waals surface area contributed by atoms with E-state index >= 15 is 0 Å². The van der Waals surface area contributed by atoms with Crippen LogP contribution < -0.4 is 0 Å². The number of alkyl halides is 3. The van der Waals surface area contributed by atoms with Gasteiger partial charge in [0.05, 0.1) is 31.0 Å². The first kappa shape index (κ1) is 14.5. The maximum absolute atomic E-state index is 12.5. The zero-order valence-electron chi connectivity index (χ0n) is 10.3. The number of rotatable bonds is 4. The largest absolute Gasteiger partial charge is 0.416 e. The number of halogens is 3. The van der Waals surface area contributed by atoms with Gasteiger partial charge in [-0.15, -0.1) is 5.10 Å². The second kappa shape index (κ2) is 5.59. The van der Waals surface area contributed by atoms with E-state index in [2.05, 4.69) is 10.3 Å². The van der Waals surface area contributed by atoms with Crippen molar-refractivity contribution in [3.8, 4) is 11.3 Å². The minimum atomic E-state index is -4.40. The SMILES string of the molecule is OCCn1nnc(CO)c1-c1ccc(C(F)(F)F)cc1. The normalized spacial score (nSPS) is 11.8. The fourth-order valence-electron chi connectivity index (χ4n) is 1.84.